The molecule has 0 aliphatic carbocycles. The van der Waals surface area contributed by atoms with E-state index < -0.39 is 0 Å². The quantitative estimate of drug-likeness (QED) is 0.498. The fourth-order valence-electron chi connectivity index (χ4n) is 3.21. The molecule has 4 aromatic rings. The van der Waals surface area contributed by atoms with Gasteiger partial charge in [0.2, 0.25) is 6.54 Å². The van der Waals surface area contributed by atoms with Crippen LogP contribution in [0.3, 0.4) is 0 Å². The lowest BCUT2D eigenvalue weighted by Crippen LogP contribution is -2.39. The van der Waals surface area contributed by atoms with E-state index in [0.29, 0.717) is 5.69 Å². The molecule has 0 atom stereocenters. The molecule has 0 fully saturated rings. The molecule has 7 nitrogen and oxygen atoms in total. The number of para-hydroxylation sites is 2. The molecule has 29 heavy (non-hydrogen) atoms. The Hall–Kier alpha value is -3.87. The first-order valence-corrected chi connectivity index (χ1v) is 9.25. The van der Waals surface area contributed by atoms with E-state index in [1.165, 1.54) is 0 Å². The van der Waals surface area contributed by atoms with Gasteiger partial charge in [-0.3, -0.25) is 9.36 Å². The summed E-state index contributed by atoms with van der Waals surface area (Å²) in [6, 6.07) is 17.3. The van der Waals surface area contributed by atoms with Gasteiger partial charge in [-0.15, -0.1) is 0 Å². The van der Waals surface area contributed by atoms with E-state index in [1.807, 2.05) is 83.2 Å². The molecule has 2 N–H and O–H groups in total. The van der Waals surface area contributed by atoms with Crippen LogP contribution in [0, 0.1) is 0 Å². The van der Waals surface area contributed by atoms with E-state index in [0.717, 1.165) is 28.2 Å². The maximum Gasteiger partial charge on any atom is 0.290 e. The Kier molecular flexibility index (Phi) is 5.11. The van der Waals surface area contributed by atoms with E-state index in [1.54, 1.807) is 13.4 Å². The normalized spacial score (nSPS) is 10.7. The summed E-state index contributed by atoms with van der Waals surface area (Å²) >= 11 is 0. The number of hydrogen-bond acceptors (Lipinski definition) is 4. The van der Waals surface area contributed by atoms with Crippen LogP contribution >= 0.6 is 0 Å². The lowest BCUT2D eigenvalue weighted by molar-refractivity contribution is -0.684. The first-order valence-electron chi connectivity index (χ1n) is 9.25. The summed E-state index contributed by atoms with van der Waals surface area (Å²) in [7, 11) is 3.51. The van der Waals surface area contributed by atoms with Crippen molar-refractivity contribution < 1.29 is 14.1 Å². The first-order chi connectivity index (χ1) is 14.2. The van der Waals surface area contributed by atoms with Gasteiger partial charge in [-0.05, 0) is 30.3 Å². The van der Waals surface area contributed by atoms with Crippen LogP contribution in [-0.4, -0.2) is 29.6 Å². The van der Waals surface area contributed by atoms with Crippen molar-refractivity contribution >= 4 is 28.3 Å². The molecule has 0 aliphatic heterocycles. The van der Waals surface area contributed by atoms with Crippen molar-refractivity contribution in [1.29, 1.82) is 0 Å². The molecular formula is C22H22N5O2+. The van der Waals surface area contributed by atoms with E-state index in [-0.39, 0.29) is 12.5 Å². The van der Waals surface area contributed by atoms with Crippen LogP contribution in [0.15, 0.2) is 73.3 Å². The Morgan fingerprint density at radius 1 is 1.10 bits per heavy atom. The highest BCUT2D eigenvalue weighted by atomic mass is 16.5. The van der Waals surface area contributed by atoms with Gasteiger partial charge in [0.05, 0.1) is 23.8 Å². The third-order valence-electron chi connectivity index (χ3n) is 4.68. The number of amides is 1. The van der Waals surface area contributed by atoms with Crippen molar-refractivity contribution in [3.05, 3.63) is 73.3 Å². The number of anilines is 2. The molecule has 0 unspecified atom stereocenters. The fraction of sp³-hybridized carbons (Fsp3) is 0.136. The molecule has 0 saturated heterocycles. The van der Waals surface area contributed by atoms with E-state index in [9.17, 15) is 4.79 Å². The summed E-state index contributed by atoms with van der Waals surface area (Å²) in [5, 5.41) is 5.99. The Labute approximate surface area is 168 Å². The zero-order valence-corrected chi connectivity index (χ0v) is 16.3. The highest BCUT2D eigenvalue weighted by Gasteiger charge is 2.12. The number of carbonyl (C=O) groups is 1. The van der Waals surface area contributed by atoms with Crippen LogP contribution in [0.2, 0.25) is 0 Å². The number of hydrogen-bond donors (Lipinski definition) is 2. The van der Waals surface area contributed by atoms with E-state index in [4.69, 9.17) is 4.74 Å². The van der Waals surface area contributed by atoms with Crippen molar-refractivity contribution in [3.63, 3.8) is 0 Å². The minimum atomic E-state index is -0.101. The zero-order chi connectivity index (χ0) is 20.2. The number of rotatable bonds is 6. The predicted molar refractivity (Wildman–Crippen MR) is 112 cm³/mol. The molecule has 0 saturated carbocycles. The van der Waals surface area contributed by atoms with Gasteiger partial charge in [-0.25, -0.2) is 4.98 Å². The van der Waals surface area contributed by atoms with Crippen molar-refractivity contribution in [1.82, 2.24) is 9.55 Å². The lowest BCUT2D eigenvalue weighted by atomic mass is 10.2. The van der Waals surface area contributed by atoms with Crippen LogP contribution in [0.1, 0.15) is 0 Å². The topological polar surface area (TPSA) is 72.1 Å². The van der Waals surface area contributed by atoms with Gasteiger partial charge in [0.25, 0.3) is 5.91 Å². The first kappa shape index (κ1) is 18.5. The Morgan fingerprint density at radius 3 is 2.66 bits per heavy atom. The van der Waals surface area contributed by atoms with Gasteiger partial charge in [-0.1, -0.05) is 12.1 Å². The molecule has 0 aliphatic rings. The summed E-state index contributed by atoms with van der Waals surface area (Å²) < 4.78 is 9.25. The van der Waals surface area contributed by atoms with E-state index >= 15 is 0 Å². The average molecular weight is 388 g/mol. The van der Waals surface area contributed by atoms with Crippen LogP contribution in [0.5, 0.6) is 5.75 Å². The fourth-order valence-corrected chi connectivity index (χ4v) is 3.21. The monoisotopic (exact) mass is 388 g/mol. The summed E-state index contributed by atoms with van der Waals surface area (Å²) in [6.45, 7) is 0.234. The number of ether oxygens (including phenoxy) is 1. The van der Waals surface area contributed by atoms with Crippen LogP contribution in [0.25, 0.3) is 16.7 Å². The SMILES string of the molecule is CNc1cc[n+](CC(=O)Nc2ccc3c(c2)ncn3-c2ccccc2OC)cc1. The predicted octanol–water partition coefficient (Wildman–Crippen LogP) is 3.00. The summed E-state index contributed by atoms with van der Waals surface area (Å²) in [5.74, 6) is 0.668. The van der Waals surface area contributed by atoms with Crippen molar-refractivity contribution in [2.75, 3.05) is 24.8 Å². The van der Waals surface area contributed by atoms with Gasteiger partial charge in [0.1, 0.15) is 12.1 Å². The second kappa shape index (κ2) is 8.02. The van der Waals surface area contributed by atoms with Gasteiger partial charge in [-0.2, -0.15) is 4.57 Å². The molecule has 2 aromatic heterocycles. The Bertz CT molecular complexity index is 1150. The molecule has 146 valence electrons. The van der Waals surface area contributed by atoms with Gasteiger partial charge in [0.15, 0.2) is 12.4 Å². The van der Waals surface area contributed by atoms with Crippen LogP contribution in [0.4, 0.5) is 11.4 Å². The Balaban J connectivity index is 1.53. The molecule has 1 amide bonds. The number of fused-ring (bicyclic) bond motifs is 1. The molecule has 4 rings (SSSR count). The Morgan fingerprint density at radius 2 is 1.90 bits per heavy atom. The van der Waals surface area contributed by atoms with Gasteiger partial charge < -0.3 is 15.4 Å². The summed E-state index contributed by atoms with van der Waals surface area (Å²) in [6.07, 6.45) is 5.49. The number of nitrogens with one attached hydrogen (secondary N) is 2. The molecule has 2 aromatic carbocycles. The zero-order valence-electron chi connectivity index (χ0n) is 16.3. The summed E-state index contributed by atoms with van der Waals surface area (Å²) in [4.78, 5) is 16.9. The molecular weight excluding hydrogens is 366 g/mol. The number of nitrogens with zero attached hydrogens (tertiary/aromatic N) is 3. The second-order valence-corrected chi connectivity index (χ2v) is 6.55. The minimum absolute atomic E-state index is 0.101. The van der Waals surface area contributed by atoms with Crippen LogP contribution < -0.4 is 19.9 Å². The molecule has 2 heterocycles. The summed E-state index contributed by atoms with van der Waals surface area (Å²) in [5.41, 5.74) is 4.35. The average Bonchev–Trinajstić information content (AvgIpc) is 3.17. The van der Waals surface area contributed by atoms with Crippen molar-refractivity contribution in [3.8, 4) is 11.4 Å². The number of methoxy groups -OCH3 is 1. The largest absolute Gasteiger partial charge is 0.495 e. The third-order valence-corrected chi connectivity index (χ3v) is 4.68. The molecule has 0 bridgehead atoms. The second-order valence-electron chi connectivity index (χ2n) is 6.55. The lowest BCUT2D eigenvalue weighted by Gasteiger charge is -2.10. The molecule has 0 radical (unpaired) electrons. The number of imidazole rings is 1. The van der Waals surface area contributed by atoms with Gasteiger partial charge in [0, 0.05) is 30.6 Å². The molecule has 7 heteroatoms. The van der Waals surface area contributed by atoms with Crippen LogP contribution in [-0.2, 0) is 11.3 Å². The van der Waals surface area contributed by atoms with Crippen molar-refractivity contribution in [2.45, 2.75) is 6.54 Å². The number of pyridine rings is 1. The number of aromatic nitrogens is 3. The van der Waals surface area contributed by atoms with E-state index in [2.05, 4.69) is 15.6 Å². The number of carbonyl (C=O) groups excluding carboxylic acids is 1. The highest BCUT2D eigenvalue weighted by molar-refractivity contribution is 5.92. The minimum Gasteiger partial charge on any atom is -0.495 e. The molecule has 0 spiro atoms. The highest BCUT2D eigenvalue weighted by Crippen LogP contribution is 2.27. The maximum absolute atomic E-state index is 12.4. The maximum atomic E-state index is 12.4. The number of benzene rings is 2. The van der Waals surface area contributed by atoms with Crippen molar-refractivity contribution in [2.24, 2.45) is 0 Å². The standard InChI is InChI=1S/C22H21N5O2/c1-23-16-9-11-26(12-10-16)14-22(28)25-17-7-8-19-18(13-17)24-15-27(19)20-5-3-4-6-21(20)29-2/h3-13,15H,14H2,1-2H3,(H,25,28)/p+1. The smallest absolute Gasteiger partial charge is 0.290 e. The van der Waals surface area contributed by atoms with Gasteiger partial charge >= 0.3 is 0 Å². The third kappa shape index (κ3) is 3.89.